The lowest BCUT2D eigenvalue weighted by molar-refractivity contribution is -0.128. The molecule has 0 saturated heterocycles. The van der Waals surface area contributed by atoms with Crippen LogP contribution in [0.15, 0.2) is 0 Å². The summed E-state index contributed by atoms with van der Waals surface area (Å²) in [6.07, 6.45) is 0. The Morgan fingerprint density at radius 2 is 1.69 bits per heavy atom. The summed E-state index contributed by atoms with van der Waals surface area (Å²) < 4.78 is 0. The zero-order valence-electron chi connectivity index (χ0n) is 8.20. The second kappa shape index (κ2) is 4.81. The van der Waals surface area contributed by atoms with Crippen molar-refractivity contribution >= 4 is 11.8 Å². The van der Waals surface area contributed by atoms with Crippen molar-refractivity contribution in [2.45, 2.75) is 32.9 Å². The Morgan fingerprint density at radius 3 is 2.00 bits per heavy atom. The number of rotatable bonds is 4. The standard InChI is InChI=1S/C8H17N3O2/c1-4(2)6(9)8(13)11-5(3)7(10)12/h4-6H,9H2,1-3H3,(H2,10,12)(H,11,13)/t5?,6-/m1/s1. The van der Waals surface area contributed by atoms with Crippen molar-refractivity contribution in [1.29, 1.82) is 0 Å². The molecule has 2 atom stereocenters. The van der Waals surface area contributed by atoms with Gasteiger partial charge < -0.3 is 16.8 Å². The second-order valence-electron chi connectivity index (χ2n) is 3.40. The van der Waals surface area contributed by atoms with E-state index in [1.54, 1.807) is 0 Å². The molecule has 13 heavy (non-hydrogen) atoms. The number of hydrogen-bond donors (Lipinski definition) is 3. The summed E-state index contributed by atoms with van der Waals surface area (Å²) in [6, 6.07) is -1.26. The van der Waals surface area contributed by atoms with Gasteiger partial charge in [0.05, 0.1) is 6.04 Å². The Labute approximate surface area is 77.8 Å². The zero-order valence-corrected chi connectivity index (χ0v) is 8.20. The highest BCUT2D eigenvalue weighted by atomic mass is 16.2. The van der Waals surface area contributed by atoms with E-state index in [9.17, 15) is 9.59 Å². The van der Waals surface area contributed by atoms with Gasteiger partial charge in [-0.2, -0.15) is 0 Å². The van der Waals surface area contributed by atoms with Gasteiger partial charge in [0.25, 0.3) is 0 Å². The summed E-state index contributed by atoms with van der Waals surface area (Å²) in [5.74, 6) is -0.870. The lowest BCUT2D eigenvalue weighted by Crippen LogP contribution is -2.50. The zero-order chi connectivity index (χ0) is 10.6. The fourth-order valence-electron chi connectivity index (χ4n) is 0.683. The van der Waals surface area contributed by atoms with E-state index in [1.165, 1.54) is 6.92 Å². The Bertz CT molecular complexity index is 204. The average Bonchev–Trinajstić information content (AvgIpc) is 2.02. The molecule has 0 spiro atoms. The van der Waals surface area contributed by atoms with Crippen molar-refractivity contribution in [2.24, 2.45) is 17.4 Å². The van der Waals surface area contributed by atoms with Crippen LogP contribution in [-0.2, 0) is 9.59 Å². The predicted octanol–water partition coefficient (Wildman–Crippen LogP) is -1.04. The quantitative estimate of drug-likeness (QED) is 0.524. The molecule has 1 unspecified atom stereocenters. The smallest absolute Gasteiger partial charge is 0.239 e. The van der Waals surface area contributed by atoms with Crippen molar-refractivity contribution in [3.8, 4) is 0 Å². The molecule has 0 aliphatic carbocycles. The minimum absolute atomic E-state index is 0.0417. The fraction of sp³-hybridized carbons (Fsp3) is 0.750. The molecule has 0 aromatic carbocycles. The van der Waals surface area contributed by atoms with Gasteiger partial charge in [0, 0.05) is 0 Å². The van der Waals surface area contributed by atoms with Gasteiger partial charge in [0.2, 0.25) is 11.8 Å². The van der Waals surface area contributed by atoms with E-state index >= 15 is 0 Å². The van der Waals surface area contributed by atoms with Gasteiger partial charge in [-0.1, -0.05) is 13.8 Å². The maximum Gasteiger partial charge on any atom is 0.239 e. The number of amides is 2. The van der Waals surface area contributed by atoms with Crippen LogP contribution in [0, 0.1) is 5.92 Å². The van der Waals surface area contributed by atoms with Crippen molar-refractivity contribution in [3.05, 3.63) is 0 Å². The van der Waals surface area contributed by atoms with E-state index in [2.05, 4.69) is 5.32 Å². The molecule has 0 aromatic rings. The Kier molecular flexibility index (Phi) is 4.40. The third-order valence-electron chi connectivity index (χ3n) is 1.81. The van der Waals surface area contributed by atoms with Crippen molar-refractivity contribution < 1.29 is 9.59 Å². The summed E-state index contributed by atoms with van der Waals surface area (Å²) in [7, 11) is 0. The molecule has 5 heteroatoms. The number of nitrogens with one attached hydrogen (secondary N) is 1. The van der Waals surface area contributed by atoms with E-state index in [-0.39, 0.29) is 11.8 Å². The molecule has 0 heterocycles. The lowest BCUT2D eigenvalue weighted by atomic mass is 10.0. The van der Waals surface area contributed by atoms with E-state index in [1.807, 2.05) is 13.8 Å². The van der Waals surface area contributed by atoms with Gasteiger partial charge in [-0.15, -0.1) is 0 Å². The fourth-order valence-corrected chi connectivity index (χ4v) is 0.683. The van der Waals surface area contributed by atoms with E-state index in [0.29, 0.717) is 0 Å². The first-order valence-electron chi connectivity index (χ1n) is 4.21. The van der Waals surface area contributed by atoms with Crippen LogP contribution >= 0.6 is 0 Å². The van der Waals surface area contributed by atoms with E-state index in [0.717, 1.165) is 0 Å². The minimum Gasteiger partial charge on any atom is -0.368 e. The molecule has 5 nitrogen and oxygen atoms in total. The van der Waals surface area contributed by atoms with Crippen LogP contribution in [0.4, 0.5) is 0 Å². The van der Waals surface area contributed by atoms with Crippen LogP contribution in [0.5, 0.6) is 0 Å². The third kappa shape index (κ3) is 3.89. The minimum atomic E-state index is -0.669. The number of primary amides is 1. The summed E-state index contributed by atoms with van der Waals surface area (Å²) >= 11 is 0. The first-order chi connectivity index (χ1) is 5.86. The number of carbonyl (C=O) groups is 2. The highest BCUT2D eigenvalue weighted by Crippen LogP contribution is 1.98. The lowest BCUT2D eigenvalue weighted by Gasteiger charge is -2.17. The Hall–Kier alpha value is -1.10. The largest absolute Gasteiger partial charge is 0.368 e. The first kappa shape index (κ1) is 11.9. The highest BCUT2D eigenvalue weighted by Gasteiger charge is 2.20. The first-order valence-corrected chi connectivity index (χ1v) is 4.21. The SMILES string of the molecule is CC(NC(=O)[C@H](N)C(C)C)C(N)=O. The predicted molar refractivity (Wildman–Crippen MR) is 49.6 cm³/mol. The van der Waals surface area contributed by atoms with Crippen molar-refractivity contribution in [3.63, 3.8) is 0 Å². The molecule has 0 saturated carbocycles. The molecule has 0 bridgehead atoms. The summed E-state index contributed by atoms with van der Waals surface area (Å²) in [6.45, 7) is 5.19. The molecule has 0 fully saturated rings. The number of carbonyl (C=O) groups excluding carboxylic acids is 2. The topological polar surface area (TPSA) is 98.2 Å². The van der Waals surface area contributed by atoms with Gasteiger partial charge in [-0.25, -0.2) is 0 Å². The van der Waals surface area contributed by atoms with E-state index in [4.69, 9.17) is 11.5 Å². The van der Waals surface area contributed by atoms with Crippen LogP contribution in [-0.4, -0.2) is 23.9 Å². The Balaban J connectivity index is 4.08. The molecule has 0 aliphatic heterocycles. The molecule has 2 amide bonds. The van der Waals surface area contributed by atoms with Crippen molar-refractivity contribution in [1.82, 2.24) is 5.32 Å². The molecule has 5 N–H and O–H groups in total. The van der Waals surface area contributed by atoms with Gasteiger partial charge in [-0.05, 0) is 12.8 Å². The molecule has 0 aliphatic rings. The maximum absolute atomic E-state index is 11.3. The second-order valence-corrected chi connectivity index (χ2v) is 3.40. The molecule has 76 valence electrons. The van der Waals surface area contributed by atoms with Crippen LogP contribution in [0.2, 0.25) is 0 Å². The van der Waals surface area contributed by atoms with Crippen LogP contribution in [0.1, 0.15) is 20.8 Å². The summed E-state index contributed by atoms with van der Waals surface area (Å²) in [4.78, 5) is 21.8. The third-order valence-corrected chi connectivity index (χ3v) is 1.81. The average molecular weight is 187 g/mol. The Morgan fingerprint density at radius 1 is 1.23 bits per heavy atom. The van der Waals surface area contributed by atoms with Gasteiger partial charge in [0.15, 0.2) is 0 Å². The molecule has 0 radical (unpaired) electrons. The van der Waals surface area contributed by atoms with Crippen LogP contribution in [0.25, 0.3) is 0 Å². The molecule has 0 aromatic heterocycles. The van der Waals surface area contributed by atoms with E-state index < -0.39 is 18.0 Å². The highest BCUT2D eigenvalue weighted by molar-refractivity contribution is 5.88. The number of hydrogen-bond acceptors (Lipinski definition) is 3. The summed E-state index contributed by atoms with van der Waals surface area (Å²) in [5.41, 5.74) is 10.5. The normalized spacial score (nSPS) is 15.2. The maximum atomic E-state index is 11.3. The van der Waals surface area contributed by atoms with Gasteiger partial charge in [0.1, 0.15) is 6.04 Å². The summed E-state index contributed by atoms with van der Waals surface area (Å²) in [5, 5.41) is 2.42. The molecule has 0 rings (SSSR count). The number of nitrogens with two attached hydrogens (primary N) is 2. The molecular weight excluding hydrogens is 170 g/mol. The van der Waals surface area contributed by atoms with Gasteiger partial charge >= 0.3 is 0 Å². The van der Waals surface area contributed by atoms with Gasteiger partial charge in [-0.3, -0.25) is 9.59 Å². The monoisotopic (exact) mass is 187 g/mol. The van der Waals surface area contributed by atoms with Crippen molar-refractivity contribution in [2.75, 3.05) is 0 Å². The van der Waals surface area contributed by atoms with Crippen LogP contribution < -0.4 is 16.8 Å². The van der Waals surface area contributed by atoms with Crippen LogP contribution in [0.3, 0.4) is 0 Å². The molecular formula is C8H17N3O2.